The zero-order chi connectivity index (χ0) is 11.9. The van der Waals surface area contributed by atoms with Gasteiger partial charge in [-0.15, -0.1) is 0 Å². The average molecular weight is 297 g/mol. The molecule has 1 aliphatic rings. The summed E-state index contributed by atoms with van der Waals surface area (Å²) in [5.74, 6) is 1.79. The fourth-order valence-corrected chi connectivity index (χ4v) is 3.36. The van der Waals surface area contributed by atoms with Gasteiger partial charge in [0.05, 0.1) is 6.61 Å². The van der Waals surface area contributed by atoms with Crippen molar-refractivity contribution >= 4 is 15.9 Å². The van der Waals surface area contributed by atoms with E-state index in [4.69, 9.17) is 4.74 Å². The predicted octanol–water partition coefficient (Wildman–Crippen LogP) is 4.80. The zero-order valence-electron chi connectivity index (χ0n) is 10.3. The van der Waals surface area contributed by atoms with Gasteiger partial charge >= 0.3 is 0 Å². The van der Waals surface area contributed by atoms with Crippen LogP contribution < -0.4 is 4.74 Å². The van der Waals surface area contributed by atoms with Gasteiger partial charge in [0.15, 0.2) is 0 Å². The summed E-state index contributed by atoms with van der Waals surface area (Å²) in [6, 6.07) is 10.1. The molecule has 2 heteroatoms. The highest BCUT2D eigenvalue weighted by Gasteiger charge is 2.20. The molecule has 0 saturated heterocycles. The minimum absolute atomic E-state index is 0.698. The lowest BCUT2D eigenvalue weighted by Gasteiger charge is -2.19. The summed E-state index contributed by atoms with van der Waals surface area (Å²) in [7, 11) is 0. The molecule has 0 amide bonds. The van der Waals surface area contributed by atoms with Crippen molar-refractivity contribution < 1.29 is 4.74 Å². The number of hydrogen-bond acceptors (Lipinski definition) is 1. The quantitative estimate of drug-likeness (QED) is 0.573. The number of alkyl halides is 1. The minimum atomic E-state index is 0.698. The molecule has 0 spiro atoms. The molecule has 1 saturated carbocycles. The third kappa shape index (κ3) is 4.34. The zero-order valence-corrected chi connectivity index (χ0v) is 11.9. The molecule has 0 aromatic heterocycles. The van der Waals surface area contributed by atoms with Crippen molar-refractivity contribution in [3.63, 3.8) is 0 Å². The van der Waals surface area contributed by atoms with Crippen molar-refractivity contribution in [2.24, 2.45) is 5.92 Å². The molecule has 0 bridgehead atoms. The van der Waals surface area contributed by atoms with Crippen LogP contribution in [-0.2, 0) is 0 Å². The molecule has 0 aliphatic heterocycles. The smallest absolute Gasteiger partial charge is 0.119 e. The van der Waals surface area contributed by atoms with Gasteiger partial charge in [-0.05, 0) is 37.3 Å². The maximum atomic E-state index is 5.78. The molecule has 0 heterocycles. The number of benzene rings is 1. The van der Waals surface area contributed by atoms with E-state index < -0.39 is 0 Å². The molecule has 2 atom stereocenters. The lowest BCUT2D eigenvalue weighted by atomic mass is 9.97. The first kappa shape index (κ1) is 12.9. The molecule has 1 fully saturated rings. The number of halogens is 1. The minimum Gasteiger partial charge on any atom is -0.494 e. The molecule has 17 heavy (non-hydrogen) atoms. The van der Waals surface area contributed by atoms with Crippen molar-refractivity contribution in [2.45, 2.75) is 43.4 Å². The molecular formula is C15H21BrO. The van der Waals surface area contributed by atoms with Gasteiger partial charge in [0.1, 0.15) is 5.75 Å². The van der Waals surface area contributed by atoms with Gasteiger partial charge in [0.25, 0.3) is 0 Å². The molecule has 2 unspecified atom stereocenters. The van der Waals surface area contributed by atoms with E-state index in [0.717, 1.165) is 18.3 Å². The van der Waals surface area contributed by atoms with Crippen LogP contribution in [0.4, 0.5) is 0 Å². The van der Waals surface area contributed by atoms with Gasteiger partial charge in [-0.3, -0.25) is 0 Å². The van der Waals surface area contributed by atoms with Gasteiger partial charge in [-0.1, -0.05) is 53.4 Å². The Bertz CT molecular complexity index is 312. The van der Waals surface area contributed by atoms with Crippen molar-refractivity contribution in [1.82, 2.24) is 0 Å². The molecule has 0 radical (unpaired) electrons. The van der Waals surface area contributed by atoms with Crippen molar-refractivity contribution in [2.75, 3.05) is 6.61 Å². The van der Waals surface area contributed by atoms with E-state index in [-0.39, 0.29) is 0 Å². The van der Waals surface area contributed by atoms with Crippen LogP contribution in [0.25, 0.3) is 0 Å². The monoisotopic (exact) mass is 296 g/mol. The van der Waals surface area contributed by atoms with Gasteiger partial charge < -0.3 is 4.74 Å². The van der Waals surface area contributed by atoms with Crippen molar-refractivity contribution in [3.05, 3.63) is 30.3 Å². The maximum Gasteiger partial charge on any atom is 0.119 e. The second-order valence-electron chi connectivity index (χ2n) is 4.86. The topological polar surface area (TPSA) is 9.23 Å². The molecule has 1 nitrogen and oxygen atoms in total. The summed E-state index contributed by atoms with van der Waals surface area (Å²) in [6.07, 6.45) is 8.02. The second-order valence-corrected chi connectivity index (χ2v) is 6.04. The molecule has 1 aromatic carbocycles. The van der Waals surface area contributed by atoms with Crippen molar-refractivity contribution in [1.29, 1.82) is 0 Å². The van der Waals surface area contributed by atoms with E-state index in [9.17, 15) is 0 Å². The third-order valence-electron chi connectivity index (χ3n) is 3.57. The SMILES string of the molecule is BrC1CCCCCC1CCOc1ccccc1. The van der Waals surface area contributed by atoms with E-state index in [1.807, 2.05) is 30.3 Å². The Morgan fingerprint density at radius 1 is 1.06 bits per heavy atom. The van der Waals surface area contributed by atoms with Crippen LogP contribution >= 0.6 is 15.9 Å². The van der Waals surface area contributed by atoms with Crippen LogP contribution in [0.3, 0.4) is 0 Å². The number of ether oxygens (including phenoxy) is 1. The Kier molecular flexibility index (Phi) is 5.37. The summed E-state index contributed by atoms with van der Waals surface area (Å²) in [4.78, 5) is 0.698. The van der Waals surface area contributed by atoms with Crippen molar-refractivity contribution in [3.8, 4) is 5.75 Å². The molecule has 0 N–H and O–H groups in total. The predicted molar refractivity (Wildman–Crippen MR) is 75.8 cm³/mol. The maximum absolute atomic E-state index is 5.78. The van der Waals surface area contributed by atoms with Crippen LogP contribution in [0.1, 0.15) is 38.5 Å². The van der Waals surface area contributed by atoms with Crippen LogP contribution in [0.5, 0.6) is 5.75 Å². The van der Waals surface area contributed by atoms with E-state index in [1.165, 1.54) is 38.5 Å². The van der Waals surface area contributed by atoms with Crippen LogP contribution in [0.15, 0.2) is 30.3 Å². The van der Waals surface area contributed by atoms with E-state index in [1.54, 1.807) is 0 Å². The molecular weight excluding hydrogens is 276 g/mol. The number of hydrogen-bond donors (Lipinski definition) is 0. The number of rotatable bonds is 4. The summed E-state index contributed by atoms with van der Waals surface area (Å²) in [6.45, 7) is 0.844. The van der Waals surface area contributed by atoms with E-state index in [2.05, 4.69) is 15.9 Å². The highest BCUT2D eigenvalue weighted by molar-refractivity contribution is 9.09. The average Bonchev–Trinajstić information content (AvgIpc) is 2.56. The van der Waals surface area contributed by atoms with Crippen LogP contribution in [0.2, 0.25) is 0 Å². The van der Waals surface area contributed by atoms with Gasteiger partial charge in [0, 0.05) is 4.83 Å². The summed E-state index contributed by atoms with van der Waals surface area (Å²) in [5, 5.41) is 0. The summed E-state index contributed by atoms with van der Waals surface area (Å²) >= 11 is 3.84. The second kappa shape index (κ2) is 7.05. The first-order chi connectivity index (χ1) is 8.36. The normalized spacial score (nSPS) is 25.2. The van der Waals surface area contributed by atoms with E-state index >= 15 is 0 Å². The largest absolute Gasteiger partial charge is 0.494 e. The highest BCUT2D eigenvalue weighted by atomic mass is 79.9. The first-order valence-electron chi connectivity index (χ1n) is 6.68. The van der Waals surface area contributed by atoms with Crippen LogP contribution in [0, 0.1) is 5.92 Å². The Morgan fingerprint density at radius 3 is 2.65 bits per heavy atom. The Morgan fingerprint density at radius 2 is 1.82 bits per heavy atom. The van der Waals surface area contributed by atoms with E-state index in [0.29, 0.717) is 4.83 Å². The number of para-hydroxylation sites is 1. The molecule has 1 aliphatic carbocycles. The van der Waals surface area contributed by atoms with Gasteiger partial charge in [0.2, 0.25) is 0 Å². The standard InChI is InChI=1S/C15H21BrO/c16-15-10-6-1-3-7-13(15)11-12-17-14-8-4-2-5-9-14/h2,4-5,8-9,13,15H,1,3,6-7,10-12H2. The lowest BCUT2D eigenvalue weighted by molar-refractivity contribution is 0.271. The highest BCUT2D eigenvalue weighted by Crippen LogP contribution is 2.31. The molecule has 94 valence electrons. The Hall–Kier alpha value is -0.500. The van der Waals surface area contributed by atoms with Gasteiger partial charge in [-0.2, -0.15) is 0 Å². The Balaban J connectivity index is 1.73. The lowest BCUT2D eigenvalue weighted by Crippen LogP contribution is -2.16. The summed E-state index contributed by atoms with van der Waals surface area (Å²) < 4.78 is 5.78. The fourth-order valence-electron chi connectivity index (χ4n) is 2.51. The van der Waals surface area contributed by atoms with Crippen LogP contribution in [-0.4, -0.2) is 11.4 Å². The fraction of sp³-hybridized carbons (Fsp3) is 0.600. The third-order valence-corrected chi connectivity index (χ3v) is 4.77. The summed E-state index contributed by atoms with van der Waals surface area (Å²) in [5.41, 5.74) is 0. The Labute approximate surface area is 113 Å². The first-order valence-corrected chi connectivity index (χ1v) is 7.60. The van der Waals surface area contributed by atoms with Gasteiger partial charge in [-0.25, -0.2) is 0 Å². The molecule has 2 rings (SSSR count). The molecule has 1 aromatic rings.